The van der Waals surface area contributed by atoms with Crippen molar-refractivity contribution in [3.05, 3.63) is 71.0 Å². The molecule has 0 saturated carbocycles. The quantitative estimate of drug-likeness (QED) is 0.312. The molecule has 2 saturated heterocycles. The van der Waals surface area contributed by atoms with Gasteiger partial charge in [-0.3, -0.25) is 33.8 Å². The number of amides is 5. The van der Waals surface area contributed by atoms with Gasteiger partial charge in [-0.15, -0.1) is 0 Å². The predicted octanol–water partition coefficient (Wildman–Crippen LogP) is 2.39. The largest absolute Gasteiger partial charge is 0.452 e. The molecule has 256 valence electrons. The van der Waals surface area contributed by atoms with Gasteiger partial charge in [-0.25, -0.2) is 18.7 Å². The van der Waals surface area contributed by atoms with Gasteiger partial charge in [0, 0.05) is 48.0 Å². The number of nitrogens with one attached hydrogen (secondary N) is 1. The Morgan fingerprint density at radius 3 is 1.52 bits per heavy atom. The molecule has 4 aromatic rings. The highest BCUT2D eigenvalue weighted by Crippen LogP contribution is 2.43. The highest BCUT2D eigenvalue weighted by Gasteiger charge is 2.52. The third-order valence-corrected chi connectivity index (χ3v) is 10.9. The van der Waals surface area contributed by atoms with Crippen molar-refractivity contribution in [2.24, 2.45) is 23.7 Å². The van der Waals surface area contributed by atoms with Crippen LogP contribution in [0.4, 0.5) is 9.59 Å². The number of methoxy groups -OCH3 is 2. The van der Waals surface area contributed by atoms with Crippen molar-refractivity contribution < 1.29 is 43.0 Å². The number of hydrogen-bond acceptors (Lipinski definition) is 9. The molecule has 14 nitrogen and oxygen atoms in total. The van der Waals surface area contributed by atoms with Crippen LogP contribution < -0.4 is 5.32 Å². The van der Waals surface area contributed by atoms with Crippen molar-refractivity contribution in [3.63, 3.8) is 0 Å². The molecule has 4 unspecified atom stereocenters. The number of rotatable bonds is 5. The van der Waals surface area contributed by atoms with E-state index >= 15 is 0 Å². The van der Waals surface area contributed by atoms with Crippen LogP contribution >= 0.6 is 0 Å². The summed E-state index contributed by atoms with van der Waals surface area (Å²) < 4.78 is 12.9. The maximum absolute atomic E-state index is 13.5. The molecule has 0 radical (unpaired) electrons. The number of ether oxygens (including phenoxy) is 2. The molecule has 2 aliphatic carbocycles. The molecule has 1 N–H and O–H groups in total. The van der Waals surface area contributed by atoms with E-state index in [1.54, 1.807) is 18.2 Å². The first-order valence-corrected chi connectivity index (χ1v) is 16.5. The lowest BCUT2D eigenvalue weighted by Gasteiger charge is -2.23. The first-order valence-electron chi connectivity index (χ1n) is 16.5. The average molecular weight is 680 g/mol. The van der Waals surface area contributed by atoms with E-state index in [2.05, 4.69) is 5.32 Å². The third kappa shape index (κ3) is 4.50. The summed E-state index contributed by atoms with van der Waals surface area (Å²) >= 11 is 0. The summed E-state index contributed by atoms with van der Waals surface area (Å²) in [6.45, 7) is -0.511. The van der Waals surface area contributed by atoms with Crippen molar-refractivity contribution in [2.45, 2.75) is 32.1 Å². The fourth-order valence-corrected chi connectivity index (χ4v) is 8.53. The van der Waals surface area contributed by atoms with Crippen molar-refractivity contribution in [1.29, 1.82) is 0 Å². The van der Waals surface area contributed by atoms with Gasteiger partial charge in [0.15, 0.2) is 0 Å². The minimum atomic E-state index is -0.694. The molecule has 4 aliphatic rings. The normalized spacial score (nSPS) is 22.4. The average Bonchev–Trinajstić information content (AvgIpc) is 3.78. The maximum atomic E-state index is 13.5. The first kappa shape index (κ1) is 31.5. The van der Waals surface area contributed by atoms with Gasteiger partial charge in [0.25, 0.3) is 0 Å². The van der Waals surface area contributed by atoms with E-state index in [0.29, 0.717) is 22.4 Å². The second kappa shape index (κ2) is 11.7. The molecule has 2 aliphatic heterocycles. The molecule has 0 spiro atoms. The molecule has 2 aromatic heterocycles. The van der Waals surface area contributed by atoms with Gasteiger partial charge in [0.05, 0.1) is 48.9 Å². The number of likely N-dealkylation sites (tertiary alicyclic amines) is 2. The Morgan fingerprint density at radius 1 is 0.640 bits per heavy atom. The number of hydrogen-bond donors (Lipinski definition) is 1. The number of nitrogens with zero attached hydrogens (tertiary/aromatic N) is 4. The summed E-state index contributed by atoms with van der Waals surface area (Å²) in [5.41, 5.74) is 4.23. The molecular formula is C36H33N5O9. The molecule has 8 rings (SSSR count). The molecule has 4 atom stereocenters. The summed E-state index contributed by atoms with van der Waals surface area (Å²) in [4.78, 5) is 94.5. The van der Waals surface area contributed by atoms with Gasteiger partial charge in [0.2, 0.25) is 29.5 Å². The molecule has 50 heavy (non-hydrogen) atoms. The highest BCUT2D eigenvalue weighted by molar-refractivity contribution is 6.08. The monoisotopic (exact) mass is 679 g/mol. The molecular weight excluding hydrogens is 646 g/mol. The number of benzene rings is 2. The zero-order chi connectivity index (χ0) is 35.0. The summed E-state index contributed by atoms with van der Waals surface area (Å²) in [5, 5.41) is 4.25. The fraction of sp³-hybridized carbons (Fsp3) is 0.361. The number of imide groups is 2. The Hall–Kier alpha value is -5.79. The van der Waals surface area contributed by atoms with Crippen LogP contribution in [0.3, 0.4) is 0 Å². The van der Waals surface area contributed by atoms with Crippen molar-refractivity contribution in [3.8, 4) is 0 Å². The topological polar surface area (TPSA) is 166 Å². The van der Waals surface area contributed by atoms with Gasteiger partial charge >= 0.3 is 12.2 Å². The van der Waals surface area contributed by atoms with Crippen LogP contribution in [0.5, 0.6) is 0 Å². The summed E-state index contributed by atoms with van der Waals surface area (Å²) in [7, 11) is 2.57. The minimum Gasteiger partial charge on any atom is -0.452 e. The highest BCUT2D eigenvalue weighted by atomic mass is 16.5. The van der Waals surface area contributed by atoms with Crippen molar-refractivity contribution in [1.82, 2.24) is 24.3 Å². The lowest BCUT2D eigenvalue weighted by molar-refractivity contribution is -0.141. The maximum Gasteiger partial charge on any atom is 0.418 e. The number of para-hydroxylation sites is 2. The molecule has 14 heteroatoms. The van der Waals surface area contributed by atoms with Crippen LogP contribution in [0.25, 0.3) is 21.8 Å². The summed E-state index contributed by atoms with van der Waals surface area (Å²) in [5.74, 6) is -4.77. The van der Waals surface area contributed by atoms with Crippen LogP contribution in [0.2, 0.25) is 0 Å². The van der Waals surface area contributed by atoms with E-state index in [1.807, 2.05) is 30.3 Å². The number of fused-ring (bicyclic) bond motifs is 8. The van der Waals surface area contributed by atoms with E-state index in [1.165, 1.54) is 23.4 Å². The zero-order valence-corrected chi connectivity index (χ0v) is 27.3. The lowest BCUT2D eigenvalue weighted by atomic mass is 9.79. The van der Waals surface area contributed by atoms with Gasteiger partial charge in [0.1, 0.15) is 6.67 Å². The SMILES string of the molecule is COC(=O)n1c2c(c3ccccc31)CC1C(=O)N(CCC(=O)NCN3C(=O)C4Cc5c(n(C(=O)OC)c6ccccc56)CC4C3=O)C(=O)C1C2. The van der Waals surface area contributed by atoms with E-state index in [9.17, 15) is 33.6 Å². The second-order valence-electron chi connectivity index (χ2n) is 13.2. The van der Waals surface area contributed by atoms with Gasteiger partial charge in [-0.05, 0) is 36.1 Å². The van der Waals surface area contributed by atoms with Crippen LogP contribution in [-0.2, 0) is 59.1 Å². The molecule has 2 aromatic carbocycles. The van der Waals surface area contributed by atoms with Gasteiger partial charge in [-0.2, -0.15) is 0 Å². The number of aromatic nitrogens is 2. The standard InChI is InChI=1S/C36H33N5O9/c1-49-35(47)40-26-9-5-3-7-18(26)20-13-22-24(15-28(20)40)32(44)38(31(22)43)12-11-30(42)37-17-39-33(45)23-14-21-19-8-4-6-10-27(19)41(36(48)50-2)29(21)16-25(23)34(39)46/h3-10,22-25H,11-17H2,1-2H3,(H,37,42). The van der Waals surface area contributed by atoms with E-state index in [-0.39, 0.29) is 51.2 Å². The van der Waals surface area contributed by atoms with Crippen LogP contribution in [0.1, 0.15) is 28.9 Å². The van der Waals surface area contributed by atoms with E-state index in [4.69, 9.17) is 9.47 Å². The Balaban J connectivity index is 0.920. The molecule has 5 amide bonds. The number of carbonyl (C=O) groups excluding carboxylic acids is 7. The first-order chi connectivity index (χ1) is 24.1. The Bertz CT molecular complexity index is 2050. The third-order valence-electron chi connectivity index (χ3n) is 10.9. The van der Waals surface area contributed by atoms with Crippen molar-refractivity contribution >= 4 is 63.5 Å². The van der Waals surface area contributed by atoms with Gasteiger partial charge in [-0.1, -0.05) is 36.4 Å². The zero-order valence-electron chi connectivity index (χ0n) is 27.3. The molecule has 0 bridgehead atoms. The van der Waals surface area contributed by atoms with Crippen LogP contribution in [0.15, 0.2) is 48.5 Å². The second-order valence-corrected chi connectivity index (χ2v) is 13.2. The smallest absolute Gasteiger partial charge is 0.418 e. The predicted molar refractivity (Wildman–Crippen MR) is 174 cm³/mol. The molecule has 4 heterocycles. The van der Waals surface area contributed by atoms with Gasteiger partial charge < -0.3 is 14.8 Å². The molecule has 2 fully saturated rings. The Labute approximate surface area is 284 Å². The van der Waals surface area contributed by atoms with E-state index in [0.717, 1.165) is 31.7 Å². The summed E-state index contributed by atoms with van der Waals surface area (Å²) in [6, 6.07) is 14.6. The lowest BCUT2D eigenvalue weighted by Crippen LogP contribution is -2.43. The van der Waals surface area contributed by atoms with Crippen LogP contribution in [-0.4, -0.2) is 88.1 Å². The van der Waals surface area contributed by atoms with E-state index < -0.39 is 59.5 Å². The Morgan fingerprint density at radius 2 is 1.06 bits per heavy atom. The van der Waals surface area contributed by atoms with Crippen molar-refractivity contribution in [2.75, 3.05) is 27.4 Å². The van der Waals surface area contributed by atoms with Crippen LogP contribution in [0, 0.1) is 23.7 Å². The Kier molecular flexibility index (Phi) is 7.35. The fourth-order valence-electron chi connectivity index (χ4n) is 8.53. The summed E-state index contributed by atoms with van der Waals surface area (Å²) in [6.07, 6.45) is -0.478. The number of carbonyl (C=O) groups is 7. The minimum absolute atomic E-state index is 0.162.